The highest BCUT2D eigenvalue weighted by molar-refractivity contribution is 6.31. The zero-order chi connectivity index (χ0) is 21.1. The van der Waals surface area contributed by atoms with Gasteiger partial charge in [0.1, 0.15) is 5.82 Å². The minimum Gasteiger partial charge on any atom is -0.464 e. The van der Waals surface area contributed by atoms with Crippen LogP contribution < -0.4 is 4.74 Å². The van der Waals surface area contributed by atoms with Crippen LogP contribution in [0.1, 0.15) is 16.2 Å². The van der Waals surface area contributed by atoms with Crippen LogP contribution in [0.25, 0.3) is 0 Å². The Morgan fingerprint density at radius 1 is 1.41 bits per heavy atom. The number of amides is 1. The third-order valence-corrected chi connectivity index (χ3v) is 4.39. The molecule has 10 nitrogen and oxygen atoms in total. The van der Waals surface area contributed by atoms with E-state index in [0.29, 0.717) is 10.7 Å². The fourth-order valence-corrected chi connectivity index (χ4v) is 2.77. The maximum atomic E-state index is 13.4. The molecule has 2 aromatic heterocycles. The molecule has 0 aliphatic rings. The molecule has 0 fully saturated rings. The van der Waals surface area contributed by atoms with Crippen LogP contribution in [0.3, 0.4) is 0 Å². The van der Waals surface area contributed by atoms with Crippen molar-refractivity contribution in [3.8, 4) is 5.75 Å². The molecule has 0 bridgehead atoms. The predicted octanol–water partition coefficient (Wildman–Crippen LogP) is 2.63. The summed E-state index contributed by atoms with van der Waals surface area (Å²) in [4.78, 5) is 24.3. The molecule has 1 amide bonds. The number of halogens is 2. The van der Waals surface area contributed by atoms with Crippen molar-refractivity contribution in [2.45, 2.75) is 13.3 Å². The Morgan fingerprint density at radius 2 is 2.17 bits per heavy atom. The van der Waals surface area contributed by atoms with Crippen molar-refractivity contribution in [2.75, 3.05) is 7.05 Å². The third kappa shape index (κ3) is 4.51. The first-order chi connectivity index (χ1) is 13.8. The topological polar surface area (TPSA) is 108 Å². The number of rotatable bonds is 7. The van der Waals surface area contributed by atoms with Gasteiger partial charge in [-0.15, -0.1) is 0 Å². The number of benzene rings is 1. The molecule has 1 aromatic carbocycles. The Kier molecular flexibility index (Phi) is 5.78. The van der Waals surface area contributed by atoms with Crippen molar-refractivity contribution in [1.82, 2.24) is 24.5 Å². The minimum atomic E-state index is -0.675. The fourth-order valence-electron chi connectivity index (χ4n) is 2.54. The van der Waals surface area contributed by atoms with Crippen LogP contribution in [0.15, 0.2) is 36.7 Å². The van der Waals surface area contributed by atoms with Crippen LogP contribution in [0.5, 0.6) is 5.75 Å². The third-order valence-electron chi connectivity index (χ3n) is 4.07. The van der Waals surface area contributed by atoms with Crippen molar-refractivity contribution in [1.29, 1.82) is 0 Å². The van der Waals surface area contributed by atoms with E-state index in [2.05, 4.69) is 10.2 Å². The molecule has 152 valence electrons. The minimum absolute atomic E-state index is 0.142. The van der Waals surface area contributed by atoms with Crippen molar-refractivity contribution in [3.63, 3.8) is 0 Å². The predicted molar refractivity (Wildman–Crippen MR) is 99.9 cm³/mol. The van der Waals surface area contributed by atoms with E-state index in [1.54, 1.807) is 18.8 Å². The van der Waals surface area contributed by atoms with Gasteiger partial charge in [0, 0.05) is 32.4 Å². The van der Waals surface area contributed by atoms with Crippen LogP contribution >= 0.6 is 11.6 Å². The lowest BCUT2D eigenvalue weighted by atomic mass is 10.3. The van der Waals surface area contributed by atoms with Crippen LogP contribution in [0.2, 0.25) is 5.02 Å². The monoisotopic (exact) mass is 422 g/mol. The van der Waals surface area contributed by atoms with Gasteiger partial charge in [0.2, 0.25) is 5.75 Å². The highest BCUT2D eigenvalue weighted by Crippen LogP contribution is 2.27. The van der Waals surface area contributed by atoms with Crippen molar-refractivity contribution in [2.24, 2.45) is 7.05 Å². The van der Waals surface area contributed by atoms with Crippen LogP contribution in [-0.4, -0.2) is 42.3 Å². The Bertz CT molecular complexity index is 1050. The smallest absolute Gasteiger partial charge is 0.311 e. The number of ether oxygens (including phenoxy) is 1. The Hall–Kier alpha value is -3.47. The zero-order valence-corrected chi connectivity index (χ0v) is 16.2. The molecular formula is C17H16ClFN6O4. The van der Waals surface area contributed by atoms with Crippen molar-refractivity contribution in [3.05, 3.63) is 69.0 Å². The molecule has 0 atom stereocenters. The Labute approximate surface area is 169 Å². The number of carbonyl (C=O) groups is 1. The molecular weight excluding hydrogens is 407 g/mol. The van der Waals surface area contributed by atoms with Gasteiger partial charge < -0.3 is 9.64 Å². The SMILES string of the molecule is CN(Cc1c(Cl)cnn1C)C(=O)c1ccn(COc2cc(F)ccc2[N+](=O)[O-])n1. The number of hydrogen-bond donors (Lipinski definition) is 0. The average molecular weight is 423 g/mol. The molecule has 3 aromatic rings. The average Bonchev–Trinajstić information content (AvgIpc) is 3.27. The number of carbonyl (C=O) groups excluding carboxylic acids is 1. The molecule has 0 saturated carbocycles. The number of nitrogens with zero attached hydrogens (tertiary/aromatic N) is 6. The molecule has 0 unspecified atom stereocenters. The van der Waals surface area contributed by atoms with Crippen LogP contribution in [0.4, 0.5) is 10.1 Å². The maximum absolute atomic E-state index is 13.4. The first-order valence-electron chi connectivity index (χ1n) is 8.28. The van der Waals surface area contributed by atoms with Gasteiger partial charge in [-0.05, 0) is 12.1 Å². The molecule has 0 radical (unpaired) electrons. The van der Waals surface area contributed by atoms with Gasteiger partial charge in [-0.3, -0.25) is 19.6 Å². The van der Waals surface area contributed by atoms with Gasteiger partial charge in [0.05, 0.1) is 28.4 Å². The van der Waals surface area contributed by atoms with Gasteiger partial charge in [-0.2, -0.15) is 10.2 Å². The lowest BCUT2D eigenvalue weighted by molar-refractivity contribution is -0.386. The Morgan fingerprint density at radius 3 is 2.83 bits per heavy atom. The van der Waals surface area contributed by atoms with Crippen molar-refractivity contribution < 1.29 is 18.8 Å². The number of nitro groups is 1. The lowest BCUT2D eigenvalue weighted by Gasteiger charge is -2.16. The summed E-state index contributed by atoms with van der Waals surface area (Å²) in [5.74, 6) is -1.27. The van der Waals surface area contributed by atoms with E-state index in [1.165, 1.54) is 28.0 Å². The quantitative estimate of drug-likeness (QED) is 0.427. The first kappa shape index (κ1) is 20.3. The normalized spacial score (nSPS) is 10.8. The van der Waals surface area contributed by atoms with E-state index >= 15 is 0 Å². The summed E-state index contributed by atoms with van der Waals surface area (Å²) in [5, 5.41) is 19.6. The highest BCUT2D eigenvalue weighted by Gasteiger charge is 2.19. The van der Waals surface area contributed by atoms with Gasteiger partial charge in [0.25, 0.3) is 5.91 Å². The van der Waals surface area contributed by atoms with E-state index in [0.717, 1.165) is 18.2 Å². The van der Waals surface area contributed by atoms with Gasteiger partial charge in [-0.1, -0.05) is 11.6 Å². The summed E-state index contributed by atoms with van der Waals surface area (Å²) in [6.45, 7) is -0.0120. The van der Waals surface area contributed by atoms with Crippen LogP contribution in [0, 0.1) is 15.9 Å². The second-order valence-electron chi connectivity index (χ2n) is 6.11. The Balaban J connectivity index is 1.67. The number of nitro benzene ring substituents is 1. The van der Waals surface area contributed by atoms with Gasteiger partial charge in [-0.25, -0.2) is 9.07 Å². The number of aryl methyl sites for hydroxylation is 1. The molecule has 3 rings (SSSR count). The van der Waals surface area contributed by atoms with E-state index in [4.69, 9.17) is 16.3 Å². The van der Waals surface area contributed by atoms with E-state index in [9.17, 15) is 19.3 Å². The van der Waals surface area contributed by atoms with Crippen LogP contribution in [-0.2, 0) is 20.3 Å². The van der Waals surface area contributed by atoms with E-state index < -0.39 is 10.7 Å². The molecule has 2 heterocycles. The van der Waals surface area contributed by atoms with Gasteiger partial charge >= 0.3 is 5.69 Å². The highest BCUT2D eigenvalue weighted by atomic mass is 35.5. The van der Waals surface area contributed by atoms with Gasteiger partial charge in [0.15, 0.2) is 12.4 Å². The van der Waals surface area contributed by atoms with E-state index in [-0.39, 0.29) is 36.3 Å². The summed E-state index contributed by atoms with van der Waals surface area (Å²) in [6.07, 6.45) is 2.97. The second kappa shape index (κ2) is 8.27. The largest absolute Gasteiger partial charge is 0.464 e. The molecule has 0 saturated heterocycles. The summed E-state index contributed by atoms with van der Waals surface area (Å²) in [7, 11) is 3.31. The maximum Gasteiger partial charge on any atom is 0.311 e. The summed E-state index contributed by atoms with van der Waals surface area (Å²) < 4.78 is 21.5. The summed E-state index contributed by atoms with van der Waals surface area (Å²) in [5.41, 5.74) is 0.439. The molecule has 12 heteroatoms. The number of aromatic nitrogens is 4. The lowest BCUT2D eigenvalue weighted by Crippen LogP contribution is -2.28. The fraction of sp³-hybridized carbons (Fsp3) is 0.235. The molecule has 0 aliphatic carbocycles. The summed E-state index contributed by atoms with van der Waals surface area (Å²) >= 11 is 6.06. The second-order valence-corrected chi connectivity index (χ2v) is 6.51. The standard InChI is InChI=1S/C17H16ClFN6O4/c1-22(9-15-12(18)8-20-23(15)2)17(26)13-5-6-24(21-13)10-29-16-7-11(19)3-4-14(16)25(27)28/h3-8H,9-10H2,1-2H3. The van der Waals surface area contributed by atoms with E-state index in [1.807, 2.05) is 0 Å². The molecule has 0 spiro atoms. The molecule has 29 heavy (non-hydrogen) atoms. The first-order valence-corrected chi connectivity index (χ1v) is 8.66. The molecule has 0 N–H and O–H groups in total. The molecule has 0 aliphatic heterocycles. The van der Waals surface area contributed by atoms with Crippen molar-refractivity contribution >= 4 is 23.2 Å². The zero-order valence-electron chi connectivity index (χ0n) is 15.5. The number of hydrogen-bond acceptors (Lipinski definition) is 6. The summed E-state index contributed by atoms with van der Waals surface area (Å²) in [6, 6.07) is 4.38.